The van der Waals surface area contributed by atoms with Gasteiger partial charge in [0.15, 0.2) is 5.69 Å². The molecular weight excluding hydrogens is 328 g/mol. The fraction of sp³-hybridized carbons (Fsp3) is 0.118. The Morgan fingerprint density at radius 2 is 2.08 bits per heavy atom. The Hall–Kier alpha value is -2.86. The lowest BCUT2D eigenvalue weighted by molar-refractivity contribution is 0.0946. The number of amides is 1. The van der Waals surface area contributed by atoms with Crippen LogP contribution in [0, 0.1) is 0 Å². The summed E-state index contributed by atoms with van der Waals surface area (Å²) in [5, 5.41) is 11.3. The Labute approximate surface area is 144 Å². The summed E-state index contributed by atoms with van der Waals surface area (Å²) in [7, 11) is 1.59. The lowest BCUT2D eigenvalue weighted by atomic mass is 10.2. The van der Waals surface area contributed by atoms with Gasteiger partial charge in [0.2, 0.25) is 0 Å². The first-order valence-corrected chi connectivity index (χ1v) is 7.63. The lowest BCUT2D eigenvalue weighted by Crippen LogP contribution is -2.23. The van der Waals surface area contributed by atoms with Crippen LogP contribution in [0.4, 0.5) is 0 Å². The molecule has 0 spiro atoms. The van der Waals surface area contributed by atoms with Crippen molar-refractivity contribution in [1.29, 1.82) is 0 Å². The maximum Gasteiger partial charge on any atom is 0.273 e. The molecule has 6 nitrogen and oxygen atoms in total. The van der Waals surface area contributed by atoms with Crippen molar-refractivity contribution >= 4 is 17.5 Å². The van der Waals surface area contributed by atoms with E-state index >= 15 is 0 Å². The summed E-state index contributed by atoms with van der Waals surface area (Å²) in [5.74, 6) is 0.386. The summed E-state index contributed by atoms with van der Waals surface area (Å²) in [6.45, 7) is 0.324. The van der Waals surface area contributed by atoms with Crippen molar-refractivity contribution in [3.63, 3.8) is 0 Å². The molecule has 2 aromatic carbocycles. The van der Waals surface area contributed by atoms with E-state index in [2.05, 4.69) is 15.6 Å². The molecular formula is C17H15ClN4O2. The van der Waals surface area contributed by atoms with Crippen molar-refractivity contribution in [3.8, 4) is 11.4 Å². The fourth-order valence-electron chi connectivity index (χ4n) is 2.15. The molecule has 3 aromatic rings. The van der Waals surface area contributed by atoms with Crippen LogP contribution in [-0.2, 0) is 6.54 Å². The van der Waals surface area contributed by atoms with E-state index in [1.807, 2.05) is 36.4 Å². The molecule has 7 heteroatoms. The van der Waals surface area contributed by atoms with E-state index in [0.29, 0.717) is 17.3 Å². The summed E-state index contributed by atoms with van der Waals surface area (Å²) in [5.41, 5.74) is 1.82. The van der Waals surface area contributed by atoms with Crippen LogP contribution in [0.5, 0.6) is 5.75 Å². The van der Waals surface area contributed by atoms with Gasteiger partial charge in [-0.25, -0.2) is 4.68 Å². The second-order valence-electron chi connectivity index (χ2n) is 5.02. The molecule has 0 saturated carbocycles. The summed E-state index contributed by atoms with van der Waals surface area (Å²) >= 11 is 6.07. The number of methoxy groups -OCH3 is 1. The van der Waals surface area contributed by atoms with Crippen molar-refractivity contribution in [1.82, 2.24) is 20.3 Å². The molecule has 0 bridgehead atoms. The van der Waals surface area contributed by atoms with E-state index in [9.17, 15) is 4.79 Å². The minimum absolute atomic E-state index is 0.227. The van der Waals surface area contributed by atoms with Crippen LogP contribution < -0.4 is 10.1 Å². The Morgan fingerprint density at radius 3 is 2.88 bits per heavy atom. The number of carbonyl (C=O) groups excluding carboxylic acids is 1. The number of hydrogen-bond acceptors (Lipinski definition) is 4. The molecule has 0 unspecified atom stereocenters. The number of carbonyl (C=O) groups is 1. The van der Waals surface area contributed by atoms with Crippen molar-refractivity contribution in [3.05, 3.63) is 71.0 Å². The van der Waals surface area contributed by atoms with Gasteiger partial charge >= 0.3 is 0 Å². The first-order chi connectivity index (χ1) is 11.7. The van der Waals surface area contributed by atoms with Crippen molar-refractivity contribution in [2.45, 2.75) is 6.54 Å². The van der Waals surface area contributed by atoms with Crippen LogP contribution >= 0.6 is 11.6 Å². The highest BCUT2D eigenvalue weighted by atomic mass is 35.5. The molecule has 1 aromatic heterocycles. The summed E-state index contributed by atoms with van der Waals surface area (Å²) in [4.78, 5) is 12.2. The molecule has 3 rings (SSSR count). The van der Waals surface area contributed by atoms with Gasteiger partial charge in [-0.2, -0.15) is 0 Å². The van der Waals surface area contributed by atoms with Gasteiger partial charge in [0.05, 0.1) is 19.0 Å². The van der Waals surface area contributed by atoms with Crippen LogP contribution in [0.15, 0.2) is 54.7 Å². The second-order valence-corrected chi connectivity index (χ2v) is 5.43. The predicted molar refractivity (Wildman–Crippen MR) is 90.5 cm³/mol. The minimum Gasteiger partial charge on any atom is -0.497 e. The molecule has 0 aliphatic carbocycles. The zero-order valence-electron chi connectivity index (χ0n) is 12.9. The van der Waals surface area contributed by atoms with Gasteiger partial charge in [-0.1, -0.05) is 41.1 Å². The molecule has 0 saturated heterocycles. The standard InChI is InChI=1S/C17H15ClN4O2/c1-24-14-7-4-6-13(9-14)22-11-16(20-21-22)17(23)19-10-12-5-2-3-8-15(12)18/h2-9,11H,10H2,1H3,(H,19,23). The lowest BCUT2D eigenvalue weighted by Gasteiger charge is -2.05. The third kappa shape index (κ3) is 3.55. The van der Waals surface area contributed by atoms with E-state index in [1.165, 1.54) is 4.68 Å². The number of aromatic nitrogens is 3. The highest BCUT2D eigenvalue weighted by Gasteiger charge is 2.12. The first-order valence-electron chi connectivity index (χ1n) is 7.26. The molecule has 1 heterocycles. The quantitative estimate of drug-likeness (QED) is 0.774. The van der Waals surface area contributed by atoms with Gasteiger partial charge in [0.1, 0.15) is 5.75 Å². The molecule has 1 N–H and O–H groups in total. The molecule has 24 heavy (non-hydrogen) atoms. The third-order valence-electron chi connectivity index (χ3n) is 3.44. The van der Waals surface area contributed by atoms with Gasteiger partial charge in [0, 0.05) is 17.6 Å². The van der Waals surface area contributed by atoms with Gasteiger partial charge in [-0.3, -0.25) is 4.79 Å². The minimum atomic E-state index is -0.316. The van der Waals surface area contributed by atoms with Gasteiger partial charge in [-0.05, 0) is 23.8 Å². The maximum atomic E-state index is 12.2. The largest absolute Gasteiger partial charge is 0.497 e. The third-order valence-corrected chi connectivity index (χ3v) is 3.81. The van der Waals surface area contributed by atoms with Crippen molar-refractivity contribution in [2.24, 2.45) is 0 Å². The van der Waals surface area contributed by atoms with Crippen LogP contribution in [0.1, 0.15) is 16.1 Å². The number of benzene rings is 2. The molecule has 0 fully saturated rings. The predicted octanol–water partition coefficient (Wildman–Crippen LogP) is 2.86. The van der Waals surface area contributed by atoms with Gasteiger partial charge in [-0.15, -0.1) is 5.10 Å². The number of nitrogens with one attached hydrogen (secondary N) is 1. The molecule has 0 aliphatic rings. The molecule has 122 valence electrons. The molecule has 1 amide bonds. The zero-order chi connectivity index (χ0) is 16.9. The van der Waals surface area contributed by atoms with E-state index in [-0.39, 0.29) is 11.6 Å². The normalized spacial score (nSPS) is 10.4. The SMILES string of the molecule is COc1cccc(-n2cc(C(=O)NCc3ccccc3Cl)nn2)c1. The fourth-order valence-corrected chi connectivity index (χ4v) is 2.36. The molecule has 0 atom stereocenters. The van der Waals surface area contributed by atoms with Crippen molar-refractivity contribution < 1.29 is 9.53 Å². The summed E-state index contributed by atoms with van der Waals surface area (Å²) in [6.07, 6.45) is 1.57. The van der Waals surface area contributed by atoms with E-state index in [4.69, 9.17) is 16.3 Å². The van der Waals surface area contributed by atoms with E-state index in [1.54, 1.807) is 25.4 Å². The average molecular weight is 343 g/mol. The van der Waals surface area contributed by atoms with E-state index < -0.39 is 0 Å². The Morgan fingerprint density at radius 1 is 1.25 bits per heavy atom. The number of hydrogen-bond donors (Lipinski definition) is 1. The number of nitrogens with zero attached hydrogens (tertiary/aromatic N) is 3. The Bertz CT molecular complexity index is 863. The first kappa shape index (κ1) is 16.0. The molecule has 0 aliphatic heterocycles. The van der Waals surface area contributed by atoms with Gasteiger partial charge in [0.25, 0.3) is 5.91 Å². The van der Waals surface area contributed by atoms with Crippen LogP contribution in [0.3, 0.4) is 0 Å². The zero-order valence-corrected chi connectivity index (χ0v) is 13.7. The summed E-state index contributed by atoms with van der Waals surface area (Å²) in [6, 6.07) is 14.7. The maximum absolute atomic E-state index is 12.2. The number of ether oxygens (including phenoxy) is 1. The smallest absolute Gasteiger partial charge is 0.273 e. The monoisotopic (exact) mass is 342 g/mol. The second kappa shape index (κ2) is 7.14. The van der Waals surface area contributed by atoms with Gasteiger partial charge < -0.3 is 10.1 Å². The average Bonchev–Trinajstić information content (AvgIpc) is 3.11. The highest BCUT2D eigenvalue weighted by Crippen LogP contribution is 2.16. The Balaban J connectivity index is 1.70. The Kier molecular flexibility index (Phi) is 4.77. The highest BCUT2D eigenvalue weighted by molar-refractivity contribution is 6.31. The van der Waals surface area contributed by atoms with E-state index in [0.717, 1.165) is 11.3 Å². The topological polar surface area (TPSA) is 69.0 Å². The van der Waals surface area contributed by atoms with Crippen LogP contribution in [0.2, 0.25) is 5.02 Å². The van der Waals surface area contributed by atoms with Crippen molar-refractivity contribution in [2.75, 3.05) is 7.11 Å². The molecule has 0 radical (unpaired) electrons. The van der Waals surface area contributed by atoms with Crippen LogP contribution in [0.25, 0.3) is 5.69 Å². The number of halogens is 1. The van der Waals surface area contributed by atoms with Crippen LogP contribution in [-0.4, -0.2) is 28.0 Å². The number of rotatable bonds is 5. The summed E-state index contributed by atoms with van der Waals surface area (Å²) < 4.78 is 6.70.